The lowest BCUT2D eigenvalue weighted by Crippen LogP contribution is -2.52. The van der Waals surface area contributed by atoms with E-state index in [2.05, 4.69) is 0 Å². The summed E-state index contributed by atoms with van der Waals surface area (Å²) in [4.78, 5) is 66.2. The monoisotopic (exact) mass is 501 g/mol. The minimum Gasteiger partial charge on any atom is -0.466 e. The molecule has 2 amide bonds. The van der Waals surface area contributed by atoms with Gasteiger partial charge in [-0.05, 0) is 26.8 Å². The van der Waals surface area contributed by atoms with Crippen LogP contribution in [0, 0.1) is 0 Å². The maximum absolute atomic E-state index is 14.2. The first kappa shape index (κ1) is 26.3. The van der Waals surface area contributed by atoms with Crippen LogP contribution in [0.5, 0.6) is 0 Å². The van der Waals surface area contributed by atoms with Gasteiger partial charge < -0.3 is 35.3 Å². The van der Waals surface area contributed by atoms with Gasteiger partial charge in [0, 0.05) is 11.3 Å². The molecule has 12 nitrogen and oxygen atoms in total. The van der Waals surface area contributed by atoms with E-state index >= 15 is 0 Å². The van der Waals surface area contributed by atoms with E-state index in [1.165, 1.54) is 12.1 Å². The Bertz CT molecular complexity index is 1190. The largest absolute Gasteiger partial charge is 0.466 e. The Balaban J connectivity index is 2.44. The Morgan fingerprint density at radius 2 is 1.53 bits per heavy atom. The molecule has 0 bridgehead atoms. The topological polar surface area (TPSA) is 178 Å². The number of hydrogen-bond donors (Lipinski definition) is 2. The molecule has 4 N–H and O–H groups in total. The molecular weight excluding hydrogens is 474 g/mol. The summed E-state index contributed by atoms with van der Waals surface area (Å²) >= 11 is 0. The van der Waals surface area contributed by atoms with Gasteiger partial charge in [-0.3, -0.25) is 14.4 Å². The molecule has 1 aromatic rings. The summed E-state index contributed by atoms with van der Waals surface area (Å²) in [6.45, 7) is 3.98. The fourth-order valence-corrected chi connectivity index (χ4v) is 4.40. The summed E-state index contributed by atoms with van der Waals surface area (Å²) in [6, 6.07) is 6.19. The number of nitrogens with zero attached hydrogens (tertiary/aromatic N) is 1. The van der Waals surface area contributed by atoms with Gasteiger partial charge in [-0.2, -0.15) is 0 Å². The SMILES string of the molecule is CCOC(=O)CC1=C(C(=O)OCC)[C@]2(C(=O)N(CC(N)=O)c3ccccc32)C(C(=O)OCC)=C(N)O1. The molecule has 0 aromatic heterocycles. The van der Waals surface area contributed by atoms with E-state index in [1.807, 2.05) is 0 Å². The van der Waals surface area contributed by atoms with Gasteiger partial charge in [-0.25, -0.2) is 9.59 Å². The van der Waals surface area contributed by atoms with E-state index in [0.717, 1.165) is 4.90 Å². The molecule has 0 unspecified atom stereocenters. The van der Waals surface area contributed by atoms with E-state index in [0.29, 0.717) is 0 Å². The van der Waals surface area contributed by atoms with Crippen LogP contribution in [-0.4, -0.2) is 56.1 Å². The highest BCUT2D eigenvalue weighted by Crippen LogP contribution is 2.54. The highest BCUT2D eigenvalue weighted by Gasteiger charge is 2.64. The lowest BCUT2D eigenvalue weighted by atomic mass is 9.67. The van der Waals surface area contributed by atoms with E-state index in [1.54, 1.807) is 32.9 Å². The first-order valence-corrected chi connectivity index (χ1v) is 11.3. The van der Waals surface area contributed by atoms with Gasteiger partial charge in [0.15, 0.2) is 0 Å². The van der Waals surface area contributed by atoms with Crippen molar-refractivity contribution < 1.29 is 42.9 Å². The number of para-hydroxylation sites is 1. The molecule has 0 fully saturated rings. The number of carbonyl (C=O) groups is 5. The Morgan fingerprint density at radius 1 is 0.944 bits per heavy atom. The molecule has 1 aromatic carbocycles. The molecule has 192 valence electrons. The molecule has 1 spiro atoms. The average molecular weight is 501 g/mol. The second-order valence-corrected chi connectivity index (χ2v) is 7.69. The molecule has 12 heteroatoms. The summed E-state index contributed by atoms with van der Waals surface area (Å²) in [5.41, 5.74) is 8.73. The third-order valence-electron chi connectivity index (χ3n) is 5.56. The number of ether oxygens (including phenoxy) is 4. The van der Waals surface area contributed by atoms with Crippen molar-refractivity contribution >= 4 is 35.4 Å². The van der Waals surface area contributed by atoms with Crippen molar-refractivity contribution in [1.29, 1.82) is 0 Å². The summed E-state index contributed by atoms with van der Waals surface area (Å²) in [5.74, 6) is -5.45. The molecule has 0 aliphatic carbocycles. The highest BCUT2D eigenvalue weighted by atomic mass is 16.6. The Kier molecular flexibility index (Phi) is 7.66. The number of nitrogens with two attached hydrogens (primary N) is 2. The van der Waals surface area contributed by atoms with Crippen LogP contribution in [0.3, 0.4) is 0 Å². The lowest BCUT2D eigenvalue weighted by molar-refractivity contribution is -0.144. The quantitative estimate of drug-likeness (QED) is 0.353. The normalized spacial score (nSPS) is 18.6. The molecule has 2 aliphatic rings. The Hall–Kier alpha value is -4.35. The molecule has 0 saturated heterocycles. The van der Waals surface area contributed by atoms with Gasteiger partial charge in [0.25, 0.3) is 0 Å². The Labute approximate surface area is 206 Å². The molecule has 2 aliphatic heterocycles. The van der Waals surface area contributed by atoms with E-state index in [4.69, 9.17) is 30.4 Å². The Morgan fingerprint density at radius 3 is 2.11 bits per heavy atom. The number of primary amides is 1. The minimum absolute atomic E-state index is 0.0412. The average Bonchev–Trinajstić information content (AvgIpc) is 3.02. The number of fused-ring (bicyclic) bond motifs is 2. The number of carbonyl (C=O) groups excluding carboxylic acids is 5. The maximum atomic E-state index is 14.2. The predicted molar refractivity (Wildman–Crippen MR) is 124 cm³/mol. The predicted octanol–water partition coefficient (Wildman–Crippen LogP) is 0.290. The molecular formula is C24H27N3O9. The van der Waals surface area contributed by atoms with Crippen LogP contribution < -0.4 is 16.4 Å². The second kappa shape index (κ2) is 10.5. The van der Waals surface area contributed by atoms with E-state index in [9.17, 15) is 24.0 Å². The van der Waals surface area contributed by atoms with Crippen LogP contribution in [0.25, 0.3) is 0 Å². The van der Waals surface area contributed by atoms with Crippen LogP contribution in [0.1, 0.15) is 32.8 Å². The van der Waals surface area contributed by atoms with Crippen molar-refractivity contribution in [2.24, 2.45) is 11.5 Å². The zero-order valence-corrected chi connectivity index (χ0v) is 20.1. The molecule has 36 heavy (non-hydrogen) atoms. The standard InChI is InChI=1S/C24H27N3O9/c1-4-33-17(29)11-15-18(21(30)34-5-2)24(19(20(26)36-15)22(31)35-6-3)13-9-7-8-10-14(13)27(23(24)32)12-16(25)28/h7-10H,4-6,11-12,26H2,1-3H3,(H2,25,28)/t24-/m0/s1. The third kappa shape index (κ3) is 4.25. The molecule has 0 radical (unpaired) electrons. The van der Waals surface area contributed by atoms with Crippen molar-refractivity contribution in [2.45, 2.75) is 32.6 Å². The van der Waals surface area contributed by atoms with Gasteiger partial charge in [0.2, 0.25) is 17.7 Å². The van der Waals surface area contributed by atoms with Crippen LogP contribution in [0.2, 0.25) is 0 Å². The number of benzene rings is 1. The van der Waals surface area contributed by atoms with Gasteiger partial charge in [-0.15, -0.1) is 0 Å². The molecule has 2 heterocycles. The highest BCUT2D eigenvalue weighted by molar-refractivity contribution is 6.23. The molecule has 0 saturated carbocycles. The van der Waals surface area contributed by atoms with Gasteiger partial charge in [0.1, 0.15) is 35.3 Å². The lowest BCUT2D eigenvalue weighted by Gasteiger charge is -2.36. The summed E-state index contributed by atoms with van der Waals surface area (Å²) in [6.07, 6.45) is -0.591. The zero-order chi connectivity index (χ0) is 26.6. The van der Waals surface area contributed by atoms with Crippen LogP contribution in [0.15, 0.2) is 47.1 Å². The van der Waals surface area contributed by atoms with Crippen molar-refractivity contribution in [3.05, 3.63) is 52.6 Å². The number of anilines is 1. The van der Waals surface area contributed by atoms with E-state index < -0.39 is 65.1 Å². The summed E-state index contributed by atoms with van der Waals surface area (Å²) < 4.78 is 21.0. The number of esters is 3. The first-order valence-electron chi connectivity index (χ1n) is 11.3. The maximum Gasteiger partial charge on any atom is 0.341 e. The van der Waals surface area contributed by atoms with Gasteiger partial charge in [-0.1, -0.05) is 18.2 Å². The fraction of sp³-hybridized carbons (Fsp3) is 0.375. The zero-order valence-electron chi connectivity index (χ0n) is 20.1. The minimum atomic E-state index is -2.24. The fourth-order valence-electron chi connectivity index (χ4n) is 4.40. The van der Waals surface area contributed by atoms with Crippen molar-refractivity contribution in [2.75, 3.05) is 31.3 Å². The third-order valence-corrected chi connectivity index (χ3v) is 5.56. The number of hydrogen-bond acceptors (Lipinski definition) is 10. The van der Waals surface area contributed by atoms with Crippen molar-refractivity contribution in [3.8, 4) is 0 Å². The van der Waals surface area contributed by atoms with Gasteiger partial charge in [0.05, 0.1) is 19.8 Å². The van der Waals surface area contributed by atoms with Crippen LogP contribution >= 0.6 is 0 Å². The number of amides is 2. The molecule has 1 atom stereocenters. The smallest absolute Gasteiger partial charge is 0.341 e. The first-order chi connectivity index (χ1) is 17.1. The molecule has 3 rings (SSSR count). The van der Waals surface area contributed by atoms with Gasteiger partial charge >= 0.3 is 17.9 Å². The summed E-state index contributed by atoms with van der Waals surface area (Å²) in [7, 11) is 0. The van der Waals surface area contributed by atoms with Crippen molar-refractivity contribution in [3.63, 3.8) is 0 Å². The van der Waals surface area contributed by atoms with E-state index in [-0.39, 0.29) is 36.8 Å². The second-order valence-electron chi connectivity index (χ2n) is 7.69. The number of rotatable bonds is 9. The van der Waals surface area contributed by atoms with Crippen LogP contribution in [-0.2, 0) is 48.3 Å². The van der Waals surface area contributed by atoms with Crippen molar-refractivity contribution in [1.82, 2.24) is 0 Å². The van der Waals surface area contributed by atoms with Crippen LogP contribution in [0.4, 0.5) is 5.69 Å². The summed E-state index contributed by atoms with van der Waals surface area (Å²) in [5, 5.41) is 0.